The van der Waals surface area contributed by atoms with Crippen LogP contribution < -0.4 is 20.5 Å². The number of nitrogens with one attached hydrogen (secondary N) is 2. The van der Waals surface area contributed by atoms with Crippen LogP contribution in [0.2, 0.25) is 5.02 Å². The van der Waals surface area contributed by atoms with Crippen molar-refractivity contribution in [2.75, 3.05) is 19.6 Å². The topological polar surface area (TPSA) is 88.6 Å². The van der Waals surface area contributed by atoms with Gasteiger partial charge < -0.3 is 9.47 Å². The van der Waals surface area contributed by atoms with Crippen LogP contribution in [0.3, 0.4) is 0 Å². The number of aromatic amines is 1. The Morgan fingerprint density at radius 3 is 2.65 bits per heavy atom. The minimum Gasteiger partial charge on any atom is -0.493 e. The summed E-state index contributed by atoms with van der Waals surface area (Å²) in [5.74, 6) is 1.21. The van der Waals surface area contributed by atoms with Gasteiger partial charge in [0.1, 0.15) is 0 Å². The second-order valence-corrected chi connectivity index (χ2v) is 5.08. The van der Waals surface area contributed by atoms with E-state index in [0.717, 1.165) is 0 Å². The first-order valence-corrected chi connectivity index (χ1v) is 7.12. The summed E-state index contributed by atoms with van der Waals surface area (Å²) in [5, 5.41) is 4.40. The fraction of sp³-hybridized carbons (Fsp3) is 0.267. The monoisotopic (exact) mass is 336 g/mol. The van der Waals surface area contributed by atoms with Gasteiger partial charge in [-0.2, -0.15) is 5.10 Å². The number of benzene rings is 1. The van der Waals surface area contributed by atoms with Crippen LogP contribution in [0, 0.1) is 13.8 Å². The number of H-pyrrole nitrogens is 1. The third-order valence-electron chi connectivity index (χ3n) is 3.28. The summed E-state index contributed by atoms with van der Waals surface area (Å²) in [5.41, 5.74) is 4.29. The molecule has 0 aliphatic carbocycles. The smallest absolute Gasteiger partial charge is 0.255 e. The zero-order valence-corrected chi connectivity index (χ0v) is 14.0. The Balaban J connectivity index is 2.23. The molecule has 0 radical (unpaired) electrons. The van der Waals surface area contributed by atoms with E-state index in [1.807, 2.05) is 0 Å². The third-order valence-corrected chi connectivity index (χ3v) is 3.67. The molecule has 0 aliphatic heterocycles. The van der Waals surface area contributed by atoms with Crippen molar-refractivity contribution in [2.24, 2.45) is 5.10 Å². The van der Waals surface area contributed by atoms with E-state index in [1.165, 1.54) is 20.4 Å². The molecule has 2 N–H and O–H groups in total. The fourth-order valence-electron chi connectivity index (χ4n) is 1.87. The number of aromatic nitrogens is 2. The van der Waals surface area contributed by atoms with E-state index in [-0.39, 0.29) is 11.5 Å². The van der Waals surface area contributed by atoms with Crippen LogP contribution in [0.25, 0.3) is 0 Å². The molecule has 0 amide bonds. The lowest BCUT2D eigenvalue weighted by molar-refractivity contribution is 0.355. The number of aryl methyl sites for hydroxylation is 1. The number of hydrazone groups is 1. The van der Waals surface area contributed by atoms with Gasteiger partial charge in [-0.3, -0.25) is 9.78 Å². The highest BCUT2D eigenvalue weighted by atomic mass is 35.5. The normalized spacial score (nSPS) is 10.8. The van der Waals surface area contributed by atoms with E-state index in [1.54, 1.807) is 26.0 Å². The second-order valence-electron chi connectivity index (χ2n) is 4.70. The summed E-state index contributed by atoms with van der Waals surface area (Å²) in [6, 6.07) is 3.47. The SMILES string of the molecule is COc1ccc(/C=N\Nc2nc(C)c(C)c(=O)[nH]2)c(Cl)c1OC. The number of ether oxygens (including phenoxy) is 2. The second kappa shape index (κ2) is 7.15. The number of hydrogen-bond donors (Lipinski definition) is 2. The molecule has 0 fully saturated rings. The Kier molecular flexibility index (Phi) is 5.23. The number of anilines is 1. The number of methoxy groups -OCH3 is 2. The van der Waals surface area contributed by atoms with Gasteiger partial charge in [0.05, 0.1) is 25.5 Å². The molecule has 0 saturated carbocycles. The Hall–Kier alpha value is -2.54. The first-order valence-electron chi connectivity index (χ1n) is 6.75. The number of halogens is 1. The molecular formula is C15H17ClN4O3. The van der Waals surface area contributed by atoms with E-state index >= 15 is 0 Å². The third kappa shape index (κ3) is 3.62. The zero-order valence-electron chi connectivity index (χ0n) is 13.2. The van der Waals surface area contributed by atoms with Gasteiger partial charge in [0.15, 0.2) is 11.5 Å². The summed E-state index contributed by atoms with van der Waals surface area (Å²) in [6.07, 6.45) is 1.50. The molecule has 1 heterocycles. The molecule has 0 spiro atoms. The quantitative estimate of drug-likeness (QED) is 0.647. The predicted molar refractivity (Wildman–Crippen MR) is 90.1 cm³/mol. The molecule has 2 aromatic rings. The maximum atomic E-state index is 11.7. The van der Waals surface area contributed by atoms with Crippen molar-refractivity contribution in [3.8, 4) is 11.5 Å². The summed E-state index contributed by atoms with van der Waals surface area (Å²) in [7, 11) is 3.04. The van der Waals surface area contributed by atoms with Crippen molar-refractivity contribution < 1.29 is 9.47 Å². The molecule has 0 saturated heterocycles. The van der Waals surface area contributed by atoms with Crippen molar-refractivity contribution in [1.82, 2.24) is 9.97 Å². The average Bonchev–Trinajstić information content (AvgIpc) is 2.53. The fourth-order valence-corrected chi connectivity index (χ4v) is 2.15. The summed E-state index contributed by atoms with van der Waals surface area (Å²) in [4.78, 5) is 18.4. The maximum absolute atomic E-state index is 11.7. The van der Waals surface area contributed by atoms with Crippen molar-refractivity contribution in [1.29, 1.82) is 0 Å². The lowest BCUT2D eigenvalue weighted by Crippen LogP contribution is -2.15. The van der Waals surface area contributed by atoms with Gasteiger partial charge in [0.2, 0.25) is 5.95 Å². The van der Waals surface area contributed by atoms with Crippen LogP contribution in [0.5, 0.6) is 11.5 Å². The molecule has 1 aromatic carbocycles. The highest BCUT2D eigenvalue weighted by Crippen LogP contribution is 2.36. The van der Waals surface area contributed by atoms with E-state index in [9.17, 15) is 4.79 Å². The minimum atomic E-state index is -0.209. The number of rotatable bonds is 5. The van der Waals surface area contributed by atoms with Crippen LogP contribution in [-0.2, 0) is 0 Å². The molecule has 1 aromatic heterocycles. The number of hydrogen-bond acceptors (Lipinski definition) is 6. The Morgan fingerprint density at radius 1 is 1.30 bits per heavy atom. The van der Waals surface area contributed by atoms with E-state index in [0.29, 0.717) is 33.3 Å². The Bertz CT molecular complexity index is 802. The minimum absolute atomic E-state index is 0.209. The van der Waals surface area contributed by atoms with Gasteiger partial charge in [-0.15, -0.1) is 0 Å². The molecule has 0 unspecified atom stereocenters. The Morgan fingerprint density at radius 2 is 2.04 bits per heavy atom. The molecule has 0 bridgehead atoms. The van der Waals surface area contributed by atoms with Crippen LogP contribution in [0.15, 0.2) is 22.0 Å². The van der Waals surface area contributed by atoms with Gasteiger partial charge in [-0.25, -0.2) is 10.4 Å². The predicted octanol–water partition coefficient (Wildman–Crippen LogP) is 2.50. The highest BCUT2D eigenvalue weighted by molar-refractivity contribution is 6.34. The molecular weight excluding hydrogens is 320 g/mol. The standard InChI is InChI=1S/C15H17ClN4O3/c1-8-9(2)18-15(19-14(8)21)20-17-7-10-5-6-11(22-3)13(23-4)12(10)16/h5-7H,1-4H3,(H2,18,19,20,21)/b17-7-. The van der Waals surface area contributed by atoms with Crippen LogP contribution >= 0.6 is 11.6 Å². The van der Waals surface area contributed by atoms with E-state index < -0.39 is 0 Å². The Labute approximate surface area is 138 Å². The van der Waals surface area contributed by atoms with E-state index in [4.69, 9.17) is 21.1 Å². The van der Waals surface area contributed by atoms with Crippen molar-refractivity contribution in [3.63, 3.8) is 0 Å². The van der Waals surface area contributed by atoms with Crippen LogP contribution in [0.4, 0.5) is 5.95 Å². The van der Waals surface area contributed by atoms with Crippen LogP contribution in [-0.4, -0.2) is 30.4 Å². The van der Waals surface area contributed by atoms with Gasteiger partial charge in [-0.1, -0.05) is 11.6 Å². The molecule has 0 aliphatic rings. The maximum Gasteiger partial charge on any atom is 0.255 e. The summed E-state index contributed by atoms with van der Waals surface area (Å²) in [6.45, 7) is 3.46. The lowest BCUT2D eigenvalue weighted by atomic mass is 10.2. The molecule has 2 rings (SSSR count). The van der Waals surface area contributed by atoms with Gasteiger partial charge >= 0.3 is 0 Å². The number of nitrogens with zero attached hydrogens (tertiary/aromatic N) is 2. The van der Waals surface area contributed by atoms with Crippen molar-refractivity contribution in [3.05, 3.63) is 44.3 Å². The summed E-state index contributed by atoms with van der Waals surface area (Å²) < 4.78 is 10.4. The zero-order chi connectivity index (χ0) is 17.0. The molecule has 23 heavy (non-hydrogen) atoms. The first kappa shape index (κ1) is 16.8. The van der Waals surface area contributed by atoms with Crippen molar-refractivity contribution in [2.45, 2.75) is 13.8 Å². The highest BCUT2D eigenvalue weighted by Gasteiger charge is 2.11. The molecule has 122 valence electrons. The van der Waals surface area contributed by atoms with Crippen molar-refractivity contribution >= 4 is 23.8 Å². The molecule has 7 nitrogen and oxygen atoms in total. The van der Waals surface area contributed by atoms with Gasteiger partial charge in [-0.05, 0) is 26.0 Å². The summed E-state index contributed by atoms with van der Waals surface area (Å²) >= 11 is 6.25. The largest absolute Gasteiger partial charge is 0.493 e. The van der Waals surface area contributed by atoms with Gasteiger partial charge in [0, 0.05) is 16.8 Å². The molecule has 8 heteroatoms. The first-order chi connectivity index (χ1) is 11.0. The van der Waals surface area contributed by atoms with E-state index in [2.05, 4.69) is 20.5 Å². The molecule has 0 atom stereocenters. The van der Waals surface area contributed by atoms with Gasteiger partial charge in [0.25, 0.3) is 5.56 Å². The lowest BCUT2D eigenvalue weighted by Gasteiger charge is -2.10. The van der Waals surface area contributed by atoms with Crippen LogP contribution in [0.1, 0.15) is 16.8 Å². The average molecular weight is 337 g/mol.